The molecule has 27 heavy (non-hydrogen) atoms. The number of carbonyl (C=O) groups excluding carboxylic acids is 2. The summed E-state index contributed by atoms with van der Waals surface area (Å²) < 4.78 is 24.3. The van der Waals surface area contributed by atoms with E-state index in [0.29, 0.717) is 5.75 Å². The molecule has 0 bridgehead atoms. The van der Waals surface area contributed by atoms with Gasteiger partial charge >= 0.3 is 0 Å². The number of hydrazine groups is 1. The molecule has 0 saturated carbocycles. The van der Waals surface area contributed by atoms with E-state index in [1.807, 2.05) is 24.3 Å². The zero-order chi connectivity index (χ0) is 19.1. The van der Waals surface area contributed by atoms with Crippen molar-refractivity contribution in [2.24, 2.45) is 0 Å². The Morgan fingerprint density at radius 2 is 1.70 bits per heavy atom. The van der Waals surface area contributed by atoms with E-state index in [1.54, 1.807) is 0 Å². The number of nitrogens with zero attached hydrogens (tertiary/aromatic N) is 1. The number of fused-ring (bicyclic) bond motifs is 1. The maximum atomic E-state index is 12.8. The quantitative estimate of drug-likeness (QED) is 0.605. The minimum Gasteiger partial charge on any atom is -0.484 e. The largest absolute Gasteiger partial charge is 0.484 e. The molecule has 9 heteroatoms. The van der Waals surface area contributed by atoms with Crippen molar-refractivity contribution in [2.45, 2.75) is 6.61 Å². The second-order valence-electron chi connectivity index (χ2n) is 5.41. The minimum absolute atomic E-state index is 0.203. The Morgan fingerprint density at radius 1 is 1.00 bits per heavy atom. The number of benzene rings is 2. The maximum Gasteiger partial charge on any atom is 0.276 e. The molecule has 0 aliphatic carbocycles. The highest BCUT2D eigenvalue weighted by Crippen LogP contribution is 2.21. The molecule has 2 amide bonds. The fourth-order valence-electron chi connectivity index (χ4n) is 2.10. The molecular formula is C18H16FN3O4S. The number of aromatic nitrogens is 1. The first-order chi connectivity index (χ1) is 13.1. The van der Waals surface area contributed by atoms with E-state index >= 15 is 0 Å². The Kier molecular flexibility index (Phi) is 6.29. The van der Waals surface area contributed by atoms with E-state index < -0.39 is 17.6 Å². The summed E-state index contributed by atoms with van der Waals surface area (Å²) in [5, 5.41) is 0.765. The van der Waals surface area contributed by atoms with Gasteiger partial charge in [0.1, 0.15) is 23.2 Å². The molecule has 7 nitrogen and oxygen atoms in total. The molecule has 2 aromatic carbocycles. The van der Waals surface area contributed by atoms with Gasteiger partial charge in [0, 0.05) is 0 Å². The molecule has 0 spiro atoms. The van der Waals surface area contributed by atoms with Crippen molar-refractivity contribution in [3.8, 4) is 5.75 Å². The highest BCUT2D eigenvalue weighted by Gasteiger charge is 2.08. The molecule has 0 radical (unpaired) electrons. The molecule has 0 aliphatic heterocycles. The van der Waals surface area contributed by atoms with Crippen LogP contribution in [0.5, 0.6) is 5.75 Å². The Hall–Kier alpha value is -3.04. The maximum absolute atomic E-state index is 12.8. The second-order valence-corrected chi connectivity index (χ2v) is 6.52. The van der Waals surface area contributed by atoms with Gasteiger partial charge in [0.2, 0.25) is 0 Å². The standard InChI is InChI=1S/C18H16FN3O4S/c19-12-5-7-13(8-6-12)26-10-17(24)22-21-16(23)9-25-11-18-20-14-3-1-2-4-15(14)27-18/h1-8H,9-11H2,(H,21,23)(H,22,24). The smallest absolute Gasteiger partial charge is 0.276 e. The lowest BCUT2D eigenvalue weighted by atomic mass is 10.3. The van der Waals surface area contributed by atoms with Crippen molar-refractivity contribution < 1.29 is 23.5 Å². The summed E-state index contributed by atoms with van der Waals surface area (Å²) in [6, 6.07) is 13.0. The molecule has 0 saturated heterocycles. The number of hydrogen-bond acceptors (Lipinski definition) is 6. The molecule has 1 aromatic heterocycles. The summed E-state index contributed by atoms with van der Waals surface area (Å²) in [6.45, 7) is -0.345. The van der Waals surface area contributed by atoms with Crippen LogP contribution < -0.4 is 15.6 Å². The predicted octanol–water partition coefficient (Wildman–Crippen LogP) is 2.18. The summed E-state index contributed by atoms with van der Waals surface area (Å²) in [5.41, 5.74) is 5.31. The van der Waals surface area contributed by atoms with E-state index in [-0.39, 0.29) is 19.8 Å². The normalized spacial score (nSPS) is 10.6. The van der Waals surface area contributed by atoms with Gasteiger partial charge in [0.25, 0.3) is 11.8 Å². The van der Waals surface area contributed by atoms with Crippen LogP contribution in [-0.4, -0.2) is 30.0 Å². The molecule has 3 rings (SSSR count). The fourth-order valence-corrected chi connectivity index (χ4v) is 3.01. The van der Waals surface area contributed by atoms with Gasteiger partial charge in [-0.05, 0) is 36.4 Å². The molecule has 0 fully saturated rings. The molecule has 0 aliphatic rings. The number of thiazole rings is 1. The summed E-state index contributed by atoms with van der Waals surface area (Å²) in [7, 11) is 0. The SMILES string of the molecule is O=C(COCc1nc2ccccc2s1)NNC(=O)COc1ccc(F)cc1. The zero-order valence-electron chi connectivity index (χ0n) is 14.1. The van der Waals surface area contributed by atoms with E-state index in [9.17, 15) is 14.0 Å². The Morgan fingerprint density at radius 3 is 2.44 bits per heavy atom. The third-order valence-corrected chi connectivity index (χ3v) is 4.33. The van der Waals surface area contributed by atoms with Crippen LogP contribution in [0.1, 0.15) is 5.01 Å². The minimum atomic E-state index is -0.557. The summed E-state index contributed by atoms with van der Waals surface area (Å²) in [5.74, 6) is -1.12. The average Bonchev–Trinajstić information content (AvgIpc) is 3.08. The molecule has 3 aromatic rings. The summed E-state index contributed by atoms with van der Waals surface area (Å²) in [4.78, 5) is 27.7. The lowest BCUT2D eigenvalue weighted by Crippen LogP contribution is -2.45. The summed E-state index contributed by atoms with van der Waals surface area (Å²) in [6.07, 6.45) is 0. The Bertz CT molecular complexity index is 897. The van der Waals surface area contributed by atoms with Gasteiger partial charge in [-0.1, -0.05) is 12.1 Å². The number of halogens is 1. The van der Waals surface area contributed by atoms with Crippen LogP contribution in [0.2, 0.25) is 0 Å². The number of nitrogens with one attached hydrogen (secondary N) is 2. The van der Waals surface area contributed by atoms with Gasteiger partial charge in [0.05, 0.1) is 16.8 Å². The van der Waals surface area contributed by atoms with Gasteiger partial charge < -0.3 is 9.47 Å². The van der Waals surface area contributed by atoms with Gasteiger partial charge in [-0.15, -0.1) is 11.3 Å². The Labute approximate surface area is 158 Å². The van der Waals surface area contributed by atoms with Gasteiger partial charge in [-0.25, -0.2) is 9.37 Å². The lowest BCUT2D eigenvalue weighted by Gasteiger charge is -2.08. The third-order valence-electron chi connectivity index (χ3n) is 3.32. The molecule has 0 unspecified atom stereocenters. The molecule has 0 atom stereocenters. The van der Waals surface area contributed by atoms with Gasteiger partial charge in [0.15, 0.2) is 6.61 Å². The first kappa shape index (κ1) is 18.7. The molecule has 2 N–H and O–H groups in total. The Balaban J connectivity index is 1.33. The lowest BCUT2D eigenvalue weighted by molar-refractivity contribution is -0.132. The van der Waals surface area contributed by atoms with Crippen molar-refractivity contribution in [2.75, 3.05) is 13.2 Å². The van der Waals surface area contributed by atoms with Crippen molar-refractivity contribution in [1.82, 2.24) is 15.8 Å². The first-order valence-electron chi connectivity index (χ1n) is 7.98. The van der Waals surface area contributed by atoms with Gasteiger partial charge in [-0.3, -0.25) is 20.4 Å². The van der Waals surface area contributed by atoms with Crippen molar-refractivity contribution in [1.29, 1.82) is 0 Å². The van der Waals surface area contributed by atoms with Crippen LogP contribution in [0.25, 0.3) is 10.2 Å². The number of amides is 2. The van der Waals surface area contributed by atoms with Crippen molar-refractivity contribution >= 4 is 33.4 Å². The van der Waals surface area contributed by atoms with Crippen LogP contribution in [0.4, 0.5) is 4.39 Å². The second kappa shape index (κ2) is 9.06. The number of rotatable bonds is 7. The topological polar surface area (TPSA) is 89.5 Å². The van der Waals surface area contributed by atoms with Crippen LogP contribution in [0.15, 0.2) is 48.5 Å². The number of para-hydroxylation sites is 1. The molecule has 140 valence electrons. The van der Waals surface area contributed by atoms with Gasteiger partial charge in [-0.2, -0.15) is 0 Å². The van der Waals surface area contributed by atoms with Crippen LogP contribution in [-0.2, 0) is 20.9 Å². The number of ether oxygens (including phenoxy) is 2. The van der Waals surface area contributed by atoms with E-state index in [1.165, 1.54) is 35.6 Å². The monoisotopic (exact) mass is 389 g/mol. The average molecular weight is 389 g/mol. The van der Waals surface area contributed by atoms with Crippen LogP contribution in [0, 0.1) is 5.82 Å². The van der Waals surface area contributed by atoms with E-state index in [0.717, 1.165) is 15.2 Å². The zero-order valence-corrected chi connectivity index (χ0v) is 14.9. The number of carbonyl (C=O) groups is 2. The highest BCUT2D eigenvalue weighted by atomic mass is 32.1. The van der Waals surface area contributed by atoms with Crippen LogP contribution >= 0.6 is 11.3 Å². The molecule has 1 heterocycles. The molecular weight excluding hydrogens is 373 g/mol. The predicted molar refractivity (Wildman–Crippen MR) is 97.5 cm³/mol. The summed E-state index contributed by atoms with van der Waals surface area (Å²) >= 11 is 1.49. The van der Waals surface area contributed by atoms with E-state index in [4.69, 9.17) is 9.47 Å². The van der Waals surface area contributed by atoms with Crippen molar-refractivity contribution in [3.05, 3.63) is 59.4 Å². The first-order valence-corrected chi connectivity index (χ1v) is 8.80. The van der Waals surface area contributed by atoms with Crippen LogP contribution in [0.3, 0.4) is 0 Å². The number of hydrogen-bond donors (Lipinski definition) is 2. The fraction of sp³-hybridized carbons (Fsp3) is 0.167. The van der Waals surface area contributed by atoms with E-state index in [2.05, 4.69) is 15.8 Å². The highest BCUT2D eigenvalue weighted by molar-refractivity contribution is 7.18. The van der Waals surface area contributed by atoms with Crippen molar-refractivity contribution in [3.63, 3.8) is 0 Å². The third kappa shape index (κ3) is 5.73.